The van der Waals surface area contributed by atoms with E-state index in [1.807, 2.05) is 0 Å². The van der Waals surface area contributed by atoms with E-state index < -0.39 is 0 Å². The molecule has 0 heterocycles. The summed E-state index contributed by atoms with van der Waals surface area (Å²) in [4.78, 5) is 12.4. The first-order chi connectivity index (χ1) is 9.74. The van der Waals surface area contributed by atoms with Gasteiger partial charge < -0.3 is 0 Å². The van der Waals surface area contributed by atoms with Crippen LogP contribution in [0.15, 0.2) is 55.1 Å². The van der Waals surface area contributed by atoms with E-state index in [1.54, 1.807) is 0 Å². The van der Waals surface area contributed by atoms with Crippen LogP contribution in [-0.4, -0.2) is 5.78 Å². The predicted octanol–water partition coefficient (Wildman–Crippen LogP) is 4.98. The van der Waals surface area contributed by atoms with Crippen molar-refractivity contribution in [2.24, 2.45) is 0 Å². The van der Waals surface area contributed by atoms with E-state index in [1.165, 1.54) is 10.8 Å². The first-order valence-electron chi connectivity index (χ1n) is 6.91. The molecule has 0 N–H and O–H groups in total. The molecule has 0 atom stereocenters. The van der Waals surface area contributed by atoms with Crippen molar-refractivity contribution in [2.75, 3.05) is 0 Å². The molecule has 1 aliphatic rings. The smallest absolute Gasteiger partial charge is 0.164 e. The molecular formula is C19H14O. The number of rotatable bonds is 0. The Morgan fingerprint density at radius 2 is 1.10 bits per heavy atom. The van der Waals surface area contributed by atoms with Gasteiger partial charge in [-0.2, -0.15) is 0 Å². The van der Waals surface area contributed by atoms with Gasteiger partial charge in [-0.05, 0) is 39.1 Å². The molecule has 0 fully saturated rings. The van der Waals surface area contributed by atoms with E-state index in [4.69, 9.17) is 0 Å². The highest BCUT2D eigenvalue weighted by Gasteiger charge is 2.21. The number of carbonyl (C=O) groups is 1. The third kappa shape index (κ3) is 1.53. The Morgan fingerprint density at radius 3 is 1.65 bits per heavy atom. The largest absolute Gasteiger partial charge is 0.294 e. The molecule has 1 nitrogen and oxygen atoms in total. The van der Waals surface area contributed by atoms with Gasteiger partial charge in [-0.3, -0.25) is 4.79 Å². The summed E-state index contributed by atoms with van der Waals surface area (Å²) in [5, 5.41) is 4.50. The summed E-state index contributed by atoms with van der Waals surface area (Å²) < 4.78 is 0. The highest BCUT2D eigenvalue weighted by molar-refractivity contribution is 6.12. The van der Waals surface area contributed by atoms with Crippen LogP contribution in [0.25, 0.3) is 27.1 Å². The van der Waals surface area contributed by atoms with Crippen molar-refractivity contribution in [2.45, 2.75) is 12.8 Å². The molecule has 7 rings (SSSR count). The number of Topliss-reactive ketones (excluding diaryl/α,β-unsaturated/α-hetero) is 1. The lowest BCUT2D eigenvalue weighted by molar-refractivity contribution is 0.0982. The van der Waals surface area contributed by atoms with Crippen LogP contribution in [0.3, 0.4) is 0 Å². The summed E-state index contributed by atoms with van der Waals surface area (Å²) in [5.74, 6) is 0.227. The Morgan fingerprint density at radius 1 is 0.650 bits per heavy atom. The van der Waals surface area contributed by atoms with Gasteiger partial charge in [-0.15, -0.1) is 0 Å². The van der Waals surface area contributed by atoms with Crippen molar-refractivity contribution in [3.63, 3.8) is 0 Å². The van der Waals surface area contributed by atoms with Gasteiger partial charge in [0.1, 0.15) is 0 Å². The lowest BCUT2D eigenvalue weighted by Crippen LogP contribution is -2.09. The van der Waals surface area contributed by atoms with Crippen LogP contribution >= 0.6 is 0 Å². The molecule has 0 radical (unpaired) electrons. The van der Waals surface area contributed by atoms with Gasteiger partial charge in [-0.1, -0.05) is 55.1 Å². The van der Waals surface area contributed by atoms with E-state index >= 15 is 0 Å². The summed E-state index contributed by atoms with van der Waals surface area (Å²) >= 11 is 0. The number of hydrogen-bond donors (Lipinski definition) is 0. The minimum Gasteiger partial charge on any atom is -0.294 e. The Kier molecular flexibility index (Phi) is 2.31. The fourth-order valence-electron chi connectivity index (χ4n) is 3.14. The maximum Gasteiger partial charge on any atom is 0.164 e. The van der Waals surface area contributed by atoms with Gasteiger partial charge in [0.25, 0.3) is 0 Å². The highest BCUT2D eigenvalue weighted by Crippen LogP contribution is 2.35. The normalized spacial score (nSPS) is 14.8. The number of ketones is 1. The SMILES string of the molecule is C=C1CCC(=O)c2c1c1ccc(cc1)c1ccc2cc1. The molecule has 1 heteroatoms. The summed E-state index contributed by atoms with van der Waals surface area (Å²) in [7, 11) is 0. The monoisotopic (exact) mass is 258 g/mol. The average Bonchev–Trinajstić information content (AvgIpc) is 2.51. The van der Waals surface area contributed by atoms with Gasteiger partial charge in [-0.25, -0.2) is 0 Å². The average molecular weight is 258 g/mol. The second kappa shape index (κ2) is 4.04. The van der Waals surface area contributed by atoms with Crippen LogP contribution in [0.2, 0.25) is 0 Å². The van der Waals surface area contributed by atoms with Crippen molar-refractivity contribution in [3.05, 3.63) is 66.2 Å². The maximum atomic E-state index is 12.4. The summed E-state index contributed by atoms with van der Waals surface area (Å²) in [6.07, 6.45) is 1.33. The second-order valence-electron chi connectivity index (χ2n) is 5.43. The molecule has 0 saturated heterocycles. The van der Waals surface area contributed by atoms with Crippen LogP contribution in [0.4, 0.5) is 0 Å². The Hall–Kier alpha value is -2.41. The Bertz CT molecular complexity index is 772. The lowest BCUT2D eigenvalue weighted by atomic mass is 9.84. The van der Waals surface area contributed by atoms with Crippen LogP contribution < -0.4 is 0 Å². The molecule has 4 bridgehead atoms. The topological polar surface area (TPSA) is 17.1 Å². The third-order valence-electron chi connectivity index (χ3n) is 4.22. The summed E-state index contributed by atoms with van der Waals surface area (Å²) in [6.45, 7) is 4.18. The molecule has 0 saturated carbocycles. The number of benzene rings is 2. The molecule has 1 aliphatic carbocycles. The lowest BCUT2D eigenvalue weighted by Gasteiger charge is -2.19. The zero-order valence-electron chi connectivity index (χ0n) is 11.1. The molecule has 0 aromatic heterocycles. The van der Waals surface area contributed by atoms with E-state index in [0.717, 1.165) is 33.9 Å². The van der Waals surface area contributed by atoms with E-state index in [-0.39, 0.29) is 5.78 Å². The zero-order chi connectivity index (χ0) is 13.7. The summed E-state index contributed by atoms with van der Waals surface area (Å²) in [6, 6.07) is 16.7. The molecule has 0 aliphatic heterocycles. The van der Waals surface area contributed by atoms with Crippen molar-refractivity contribution < 1.29 is 4.79 Å². The zero-order valence-corrected chi connectivity index (χ0v) is 11.1. The van der Waals surface area contributed by atoms with Crippen molar-refractivity contribution >= 4 is 32.9 Å². The maximum absolute atomic E-state index is 12.4. The first-order valence-corrected chi connectivity index (χ1v) is 6.91. The van der Waals surface area contributed by atoms with Crippen LogP contribution in [0, 0.1) is 0 Å². The number of hydrogen-bond acceptors (Lipinski definition) is 1. The van der Waals surface area contributed by atoms with Gasteiger partial charge in [0, 0.05) is 12.0 Å². The van der Waals surface area contributed by atoms with Gasteiger partial charge in [0.2, 0.25) is 0 Å². The molecule has 6 aromatic carbocycles. The van der Waals surface area contributed by atoms with Crippen LogP contribution in [0.5, 0.6) is 0 Å². The third-order valence-corrected chi connectivity index (χ3v) is 4.22. The molecule has 0 unspecified atom stereocenters. The van der Waals surface area contributed by atoms with E-state index in [2.05, 4.69) is 55.1 Å². The molecule has 20 heavy (non-hydrogen) atoms. The predicted molar refractivity (Wildman–Crippen MR) is 84.1 cm³/mol. The van der Waals surface area contributed by atoms with Gasteiger partial charge >= 0.3 is 0 Å². The molecule has 96 valence electrons. The standard InChI is InChI=1S/C19H14O/c1-12-2-11-17(20)19-16-9-5-14(6-10-16)13-3-7-15(8-4-13)18(12)19/h3-10H,1-2,11H2. The van der Waals surface area contributed by atoms with Crippen LogP contribution in [0.1, 0.15) is 28.8 Å². The fraction of sp³-hybridized carbons (Fsp3) is 0.105. The van der Waals surface area contributed by atoms with Crippen molar-refractivity contribution in [3.8, 4) is 0 Å². The Labute approximate surface area is 117 Å². The number of allylic oxidation sites excluding steroid dienone is 1. The van der Waals surface area contributed by atoms with Crippen molar-refractivity contribution in [1.82, 2.24) is 0 Å². The van der Waals surface area contributed by atoms with E-state index in [9.17, 15) is 4.79 Å². The Balaban J connectivity index is 2.33. The van der Waals surface area contributed by atoms with Crippen molar-refractivity contribution in [1.29, 1.82) is 0 Å². The fourth-order valence-corrected chi connectivity index (χ4v) is 3.14. The van der Waals surface area contributed by atoms with Gasteiger partial charge in [0.15, 0.2) is 5.78 Å². The van der Waals surface area contributed by atoms with E-state index in [0.29, 0.717) is 6.42 Å². The quantitative estimate of drug-likeness (QED) is 0.555. The first kappa shape index (κ1) is 11.4. The second-order valence-corrected chi connectivity index (χ2v) is 5.43. The summed E-state index contributed by atoms with van der Waals surface area (Å²) in [5.41, 5.74) is 2.93. The van der Waals surface area contributed by atoms with Crippen LogP contribution in [-0.2, 0) is 0 Å². The minimum atomic E-state index is 0.227. The number of carbonyl (C=O) groups excluding carboxylic acids is 1. The molecule has 6 aromatic rings. The highest BCUT2D eigenvalue weighted by atomic mass is 16.1. The van der Waals surface area contributed by atoms with Gasteiger partial charge in [0.05, 0.1) is 0 Å². The minimum absolute atomic E-state index is 0.227. The molecule has 0 spiro atoms. The molecular weight excluding hydrogens is 244 g/mol. The molecule has 0 amide bonds.